The molecular weight excluding hydrogens is 202 g/mol. The van der Waals surface area contributed by atoms with Crippen LogP contribution < -0.4 is 5.32 Å². The lowest BCUT2D eigenvalue weighted by molar-refractivity contribution is -0.125. The minimum atomic E-state index is -0.272. The van der Waals surface area contributed by atoms with Gasteiger partial charge in [0, 0.05) is 13.1 Å². The Kier molecular flexibility index (Phi) is 4.31. The van der Waals surface area contributed by atoms with Gasteiger partial charge in [-0.2, -0.15) is 5.26 Å². The normalized spacial score (nSPS) is 25.6. The number of amides is 1. The zero-order chi connectivity index (χ0) is 12.2. The van der Waals surface area contributed by atoms with E-state index in [0.29, 0.717) is 6.54 Å². The van der Waals surface area contributed by atoms with Gasteiger partial charge in [-0.05, 0) is 18.4 Å². The Balaban J connectivity index is 2.84. The van der Waals surface area contributed by atoms with E-state index in [2.05, 4.69) is 37.1 Å². The number of carbonyl (C=O) groups excluding carboxylic acids is 1. The van der Waals surface area contributed by atoms with Crippen LogP contribution in [0.3, 0.4) is 0 Å². The van der Waals surface area contributed by atoms with Crippen LogP contribution in [0.1, 0.15) is 33.6 Å². The number of nitriles is 1. The van der Waals surface area contributed by atoms with Crippen molar-refractivity contribution in [3.63, 3.8) is 0 Å². The van der Waals surface area contributed by atoms with Gasteiger partial charge < -0.3 is 5.32 Å². The highest BCUT2D eigenvalue weighted by Gasteiger charge is 2.34. The molecule has 1 heterocycles. The Labute approximate surface area is 97.6 Å². The van der Waals surface area contributed by atoms with E-state index in [1.165, 1.54) is 0 Å². The van der Waals surface area contributed by atoms with Crippen molar-refractivity contribution in [3.05, 3.63) is 0 Å². The summed E-state index contributed by atoms with van der Waals surface area (Å²) in [5.41, 5.74) is 0.0784. The molecule has 0 saturated carbocycles. The summed E-state index contributed by atoms with van der Waals surface area (Å²) in [6.45, 7) is 8.82. The molecule has 0 aliphatic carbocycles. The predicted molar refractivity (Wildman–Crippen MR) is 62.7 cm³/mol. The molecule has 1 N–H and O–H groups in total. The van der Waals surface area contributed by atoms with Crippen molar-refractivity contribution in [2.45, 2.75) is 39.7 Å². The van der Waals surface area contributed by atoms with Gasteiger partial charge >= 0.3 is 0 Å². The molecule has 0 aromatic carbocycles. The Morgan fingerprint density at radius 3 is 2.88 bits per heavy atom. The molecule has 1 saturated heterocycles. The van der Waals surface area contributed by atoms with Crippen LogP contribution in [0.15, 0.2) is 0 Å². The van der Waals surface area contributed by atoms with Gasteiger partial charge in [0.2, 0.25) is 5.91 Å². The third-order valence-electron chi connectivity index (χ3n) is 2.91. The first kappa shape index (κ1) is 13.0. The topological polar surface area (TPSA) is 56.1 Å². The molecule has 90 valence electrons. The highest BCUT2D eigenvalue weighted by Crippen LogP contribution is 2.22. The van der Waals surface area contributed by atoms with Crippen LogP contribution in [-0.2, 0) is 4.79 Å². The highest BCUT2D eigenvalue weighted by molar-refractivity contribution is 5.82. The summed E-state index contributed by atoms with van der Waals surface area (Å²) < 4.78 is 0. The third-order valence-corrected chi connectivity index (χ3v) is 2.91. The van der Waals surface area contributed by atoms with Gasteiger partial charge in [0.15, 0.2) is 0 Å². The largest absolute Gasteiger partial charge is 0.354 e. The molecule has 1 fully saturated rings. The first-order chi connectivity index (χ1) is 7.50. The van der Waals surface area contributed by atoms with E-state index in [1.54, 1.807) is 0 Å². The molecule has 0 bridgehead atoms. The average molecular weight is 223 g/mol. The van der Waals surface area contributed by atoms with Gasteiger partial charge in [0.05, 0.1) is 12.5 Å². The molecule has 1 atom stereocenters. The Morgan fingerprint density at radius 1 is 1.62 bits per heavy atom. The van der Waals surface area contributed by atoms with Gasteiger partial charge in [0.1, 0.15) is 6.04 Å². The fourth-order valence-electron chi connectivity index (χ4n) is 2.16. The van der Waals surface area contributed by atoms with E-state index in [0.717, 1.165) is 19.5 Å². The molecule has 1 aliphatic heterocycles. The van der Waals surface area contributed by atoms with E-state index in [4.69, 9.17) is 5.26 Å². The second-order valence-corrected chi connectivity index (χ2v) is 5.23. The summed E-state index contributed by atoms with van der Waals surface area (Å²) in [6, 6.07) is 1.84. The van der Waals surface area contributed by atoms with Crippen molar-refractivity contribution in [1.82, 2.24) is 10.2 Å². The van der Waals surface area contributed by atoms with Crippen LogP contribution in [-0.4, -0.2) is 36.5 Å². The van der Waals surface area contributed by atoms with Gasteiger partial charge in [-0.3, -0.25) is 9.69 Å². The minimum absolute atomic E-state index is 0.000532. The van der Waals surface area contributed by atoms with E-state index < -0.39 is 0 Å². The van der Waals surface area contributed by atoms with E-state index in [-0.39, 0.29) is 23.8 Å². The van der Waals surface area contributed by atoms with Crippen LogP contribution in [0.4, 0.5) is 0 Å². The fraction of sp³-hybridized carbons (Fsp3) is 0.833. The standard InChI is InChI=1S/C12H21N3O/c1-4-7-15-9-12(2,3)8-14-11(16)10(15)5-6-13/h10H,4-5,7-9H2,1-3H3,(H,14,16). The summed E-state index contributed by atoms with van der Waals surface area (Å²) in [7, 11) is 0. The monoisotopic (exact) mass is 223 g/mol. The SMILES string of the molecule is CCCN1CC(C)(C)CNC(=O)C1CC#N. The summed E-state index contributed by atoms with van der Waals surface area (Å²) >= 11 is 0. The molecule has 1 aliphatic rings. The van der Waals surface area contributed by atoms with Crippen LogP contribution >= 0.6 is 0 Å². The molecule has 0 spiro atoms. The lowest BCUT2D eigenvalue weighted by atomic mass is 9.93. The fourth-order valence-corrected chi connectivity index (χ4v) is 2.16. The quantitative estimate of drug-likeness (QED) is 0.780. The first-order valence-electron chi connectivity index (χ1n) is 5.89. The number of nitrogens with zero attached hydrogens (tertiary/aromatic N) is 2. The number of nitrogens with one attached hydrogen (secondary N) is 1. The molecular formula is C12H21N3O. The van der Waals surface area contributed by atoms with Gasteiger partial charge in [0.25, 0.3) is 0 Å². The summed E-state index contributed by atoms with van der Waals surface area (Å²) in [4.78, 5) is 14.0. The molecule has 0 radical (unpaired) electrons. The lowest BCUT2D eigenvalue weighted by Gasteiger charge is -2.31. The molecule has 1 amide bonds. The first-order valence-corrected chi connectivity index (χ1v) is 5.89. The van der Waals surface area contributed by atoms with Crippen molar-refractivity contribution in [3.8, 4) is 6.07 Å². The Bertz CT molecular complexity index is 293. The molecule has 16 heavy (non-hydrogen) atoms. The van der Waals surface area contributed by atoms with Crippen molar-refractivity contribution >= 4 is 5.91 Å². The second kappa shape index (κ2) is 5.31. The van der Waals surface area contributed by atoms with Gasteiger partial charge in [-0.1, -0.05) is 20.8 Å². The third kappa shape index (κ3) is 3.21. The molecule has 4 heteroatoms. The molecule has 0 aromatic heterocycles. The second-order valence-electron chi connectivity index (χ2n) is 5.23. The van der Waals surface area contributed by atoms with E-state index >= 15 is 0 Å². The van der Waals surface area contributed by atoms with Crippen LogP contribution in [0.5, 0.6) is 0 Å². The highest BCUT2D eigenvalue weighted by atomic mass is 16.2. The van der Waals surface area contributed by atoms with E-state index in [9.17, 15) is 4.79 Å². The number of hydrogen-bond acceptors (Lipinski definition) is 3. The molecule has 0 aromatic rings. The summed E-state index contributed by atoms with van der Waals surface area (Å²) in [5.74, 6) is 0.000532. The Morgan fingerprint density at radius 2 is 2.31 bits per heavy atom. The number of carbonyl (C=O) groups is 1. The summed E-state index contributed by atoms with van der Waals surface area (Å²) in [6.07, 6.45) is 1.28. The lowest BCUT2D eigenvalue weighted by Crippen LogP contribution is -2.44. The van der Waals surface area contributed by atoms with Crippen molar-refractivity contribution in [2.24, 2.45) is 5.41 Å². The number of rotatable bonds is 3. The molecule has 1 unspecified atom stereocenters. The van der Waals surface area contributed by atoms with Crippen LogP contribution in [0, 0.1) is 16.7 Å². The minimum Gasteiger partial charge on any atom is -0.354 e. The Hall–Kier alpha value is -1.08. The molecule has 1 rings (SSSR count). The zero-order valence-corrected chi connectivity index (χ0v) is 10.4. The van der Waals surface area contributed by atoms with Crippen molar-refractivity contribution < 1.29 is 4.79 Å². The zero-order valence-electron chi connectivity index (χ0n) is 10.4. The maximum absolute atomic E-state index is 11.9. The van der Waals surface area contributed by atoms with Crippen LogP contribution in [0.25, 0.3) is 0 Å². The maximum atomic E-state index is 11.9. The van der Waals surface area contributed by atoms with Gasteiger partial charge in [-0.15, -0.1) is 0 Å². The van der Waals surface area contributed by atoms with Gasteiger partial charge in [-0.25, -0.2) is 0 Å². The summed E-state index contributed by atoms with van der Waals surface area (Å²) in [5, 5.41) is 11.7. The van der Waals surface area contributed by atoms with Crippen molar-refractivity contribution in [1.29, 1.82) is 5.26 Å². The van der Waals surface area contributed by atoms with Crippen molar-refractivity contribution in [2.75, 3.05) is 19.6 Å². The van der Waals surface area contributed by atoms with E-state index in [1.807, 2.05) is 0 Å². The average Bonchev–Trinajstić information content (AvgIpc) is 2.30. The maximum Gasteiger partial charge on any atom is 0.238 e. The van der Waals surface area contributed by atoms with Crippen LogP contribution in [0.2, 0.25) is 0 Å². The predicted octanol–water partition coefficient (Wildman–Crippen LogP) is 1.14. The number of hydrogen-bond donors (Lipinski definition) is 1. The smallest absolute Gasteiger partial charge is 0.238 e. The molecule has 4 nitrogen and oxygen atoms in total.